The van der Waals surface area contributed by atoms with Crippen molar-refractivity contribution in [3.8, 4) is 0 Å². The first kappa shape index (κ1) is 22.0. The van der Waals surface area contributed by atoms with Gasteiger partial charge in [0, 0.05) is 49.4 Å². The van der Waals surface area contributed by atoms with Gasteiger partial charge in [-0.1, -0.05) is 29.8 Å². The van der Waals surface area contributed by atoms with Gasteiger partial charge in [0.2, 0.25) is 5.91 Å². The maximum atomic E-state index is 12.2. The fourth-order valence-electron chi connectivity index (χ4n) is 3.98. The Balaban J connectivity index is 1.44. The van der Waals surface area contributed by atoms with Gasteiger partial charge in [-0.25, -0.2) is 0 Å². The zero-order chi connectivity index (χ0) is 21.5. The average molecular weight is 408 g/mol. The lowest BCUT2D eigenvalue weighted by molar-refractivity contribution is -0.116. The summed E-state index contributed by atoms with van der Waals surface area (Å²) in [6.45, 7) is 5.29. The molecule has 0 aromatic heterocycles. The third-order valence-electron chi connectivity index (χ3n) is 5.71. The summed E-state index contributed by atoms with van der Waals surface area (Å²) in [4.78, 5) is 29.1. The number of carbonyl (C=O) groups excluding carboxylic acids is 2. The lowest BCUT2D eigenvalue weighted by Gasteiger charge is -2.34. The van der Waals surface area contributed by atoms with Crippen LogP contribution in [0.25, 0.3) is 0 Å². The number of rotatable bonds is 8. The first-order valence-corrected chi connectivity index (χ1v) is 10.8. The quantitative estimate of drug-likeness (QED) is 0.660. The standard InChI is InChI=1S/C25H33N3O2/c1-19-4-6-21(7-5-19)24(29)12-13-25(30)26-22-8-10-23(11-9-22)28-16-14-20(15-17-28)18-27(2)3/h4-11,20H,12-18H2,1-3H3,(H,26,30). The van der Waals surface area contributed by atoms with E-state index in [4.69, 9.17) is 0 Å². The van der Waals surface area contributed by atoms with E-state index in [1.165, 1.54) is 18.5 Å². The number of piperidine rings is 1. The number of nitrogens with zero attached hydrogens (tertiary/aromatic N) is 2. The van der Waals surface area contributed by atoms with E-state index in [0.717, 1.165) is 36.8 Å². The van der Waals surface area contributed by atoms with E-state index >= 15 is 0 Å². The Morgan fingerprint density at radius 3 is 2.20 bits per heavy atom. The highest BCUT2D eigenvalue weighted by Crippen LogP contribution is 2.25. The van der Waals surface area contributed by atoms with Crippen LogP contribution in [-0.4, -0.2) is 50.3 Å². The minimum atomic E-state index is -0.132. The smallest absolute Gasteiger partial charge is 0.224 e. The largest absolute Gasteiger partial charge is 0.372 e. The first-order chi connectivity index (χ1) is 14.4. The molecule has 3 rings (SSSR count). The summed E-state index contributed by atoms with van der Waals surface area (Å²) in [6.07, 6.45) is 2.83. The number of hydrogen-bond acceptors (Lipinski definition) is 4. The van der Waals surface area contributed by atoms with E-state index in [9.17, 15) is 9.59 Å². The van der Waals surface area contributed by atoms with Gasteiger partial charge in [-0.05, 0) is 64.0 Å². The topological polar surface area (TPSA) is 52.7 Å². The monoisotopic (exact) mass is 407 g/mol. The Hall–Kier alpha value is -2.66. The van der Waals surface area contributed by atoms with Crippen LogP contribution in [0.2, 0.25) is 0 Å². The summed E-state index contributed by atoms with van der Waals surface area (Å²) in [7, 11) is 4.27. The van der Waals surface area contributed by atoms with Crippen molar-refractivity contribution in [2.24, 2.45) is 5.92 Å². The van der Waals surface area contributed by atoms with Crippen molar-refractivity contribution in [3.63, 3.8) is 0 Å². The van der Waals surface area contributed by atoms with Crippen LogP contribution in [0.1, 0.15) is 41.6 Å². The summed E-state index contributed by atoms with van der Waals surface area (Å²) in [5.41, 5.74) is 3.75. The van der Waals surface area contributed by atoms with E-state index in [1.807, 2.05) is 43.3 Å². The zero-order valence-corrected chi connectivity index (χ0v) is 18.4. The molecule has 1 fully saturated rings. The van der Waals surface area contributed by atoms with Crippen LogP contribution in [0.5, 0.6) is 0 Å². The number of anilines is 2. The Kier molecular flexibility index (Phi) is 7.63. The van der Waals surface area contributed by atoms with Gasteiger partial charge in [0.15, 0.2) is 5.78 Å². The van der Waals surface area contributed by atoms with Crippen molar-refractivity contribution >= 4 is 23.1 Å². The minimum absolute atomic E-state index is 0.00170. The van der Waals surface area contributed by atoms with Crippen molar-refractivity contribution in [1.82, 2.24) is 4.90 Å². The van der Waals surface area contributed by atoms with E-state index in [0.29, 0.717) is 5.56 Å². The fourth-order valence-corrected chi connectivity index (χ4v) is 3.98. The van der Waals surface area contributed by atoms with Gasteiger partial charge in [-0.3, -0.25) is 9.59 Å². The molecule has 0 spiro atoms. The summed E-state index contributed by atoms with van der Waals surface area (Å²) < 4.78 is 0. The number of aryl methyl sites for hydroxylation is 1. The van der Waals surface area contributed by atoms with Crippen molar-refractivity contribution in [2.75, 3.05) is 43.9 Å². The molecule has 1 N–H and O–H groups in total. The van der Waals surface area contributed by atoms with E-state index < -0.39 is 0 Å². The minimum Gasteiger partial charge on any atom is -0.372 e. The van der Waals surface area contributed by atoms with Crippen LogP contribution in [0, 0.1) is 12.8 Å². The highest BCUT2D eigenvalue weighted by molar-refractivity contribution is 6.00. The molecule has 1 aliphatic rings. The molecule has 30 heavy (non-hydrogen) atoms. The molecule has 0 radical (unpaired) electrons. The summed E-state index contributed by atoms with van der Waals surface area (Å²) in [5, 5.41) is 2.90. The molecule has 0 unspecified atom stereocenters. The predicted octanol–water partition coefficient (Wildman–Crippen LogP) is 4.37. The molecule has 0 aliphatic carbocycles. The van der Waals surface area contributed by atoms with Gasteiger partial charge in [0.25, 0.3) is 0 Å². The number of hydrogen-bond donors (Lipinski definition) is 1. The van der Waals surface area contributed by atoms with Crippen LogP contribution in [0.4, 0.5) is 11.4 Å². The molecule has 0 bridgehead atoms. The lowest BCUT2D eigenvalue weighted by atomic mass is 9.96. The van der Waals surface area contributed by atoms with Gasteiger partial charge in [0.05, 0.1) is 0 Å². The second-order valence-electron chi connectivity index (χ2n) is 8.58. The molecule has 1 heterocycles. The lowest BCUT2D eigenvalue weighted by Crippen LogP contribution is -2.37. The van der Waals surface area contributed by atoms with Crippen LogP contribution in [0.3, 0.4) is 0 Å². The van der Waals surface area contributed by atoms with Crippen molar-refractivity contribution < 1.29 is 9.59 Å². The SMILES string of the molecule is Cc1ccc(C(=O)CCC(=O)Nc2ccc(N3CCC(CN(C)C)CC3)cc2)cc1. The molecular weight excluding hydrogens is 374 g/mol. The Labute approximate surface area is 180 Å². The highest BCUT2D eigenvalue weighted by atomic mass is 16.2. The summed E-state index contributed by atoms with van der Waals surface area (Å²) in [5.74, 6) is 0.642. The van der Waals surface area contributed by atoms with E-state index in [2.05, 4.69) is 41.3 Å². The number of ketones is 1. The number of nitrogens with one attached hydrogen (secondary N) is 1. The molecule has 5 heteroatoms. The van der Waals surface area contributed by atoms with Crippen LogP contribution >= 0.6 is 0 Å². The van der Waals surface area contributed by atoms with Gasteiger partial charge in [0.1, 0.15) is 0 Å². The molecule has 0 atom stereocenters. The number of amides is 1. The molecule has 1 saturated heterocycles. The normalized spacial score (nSPS) is 14.7. The molecule has 0 saturated carbocycles. The van der Waals surface area contributed by atoms with Crippen LogP contribution in [-0.2, 0) is 4.79 Å². The molecule has 160 valence electrons. The second kappa shape index (κ2) is 10.4. The Morgan fingerprint density at radius 2 is 1.60 bits per heavy atom. The summed E-state index contributed by atoms with van der Waals surface area (Å²) >= 11 is 0. The van der Waals surface area contributed by atoms with Crippen molar-refractivity contribution in [3.05, 3.63) is 59.7 Å². The number of Topliss-reactive ketones (excluding diaryl/α,β-unsaturated/α-hetero) is 1. The van der Waals surface area contributed by atoms with Gasteiger partial charge in [-0.2, -0.15) is 0 Å². The molecule has 5 nitrogen and oxygen atoms in total. The molecule has 1 amide bonds. The van der Waals surface area contributed by atoms with E-state index in [1.54, 1.807) is 0 Å². The Morgan fingerprint density at radius 1 is 0.967 bits per heavy atom. The zero-order valence-electron chi connectivity index (χ0n) is 18.4. The van der Waals surface area contributed by atoms with E-state index in [-0.39, 0.29) is 24.5 Å². The maximum absolute atomic E-state index is 12.2. The van der Waals surface area contributed by atoms with Crippen LogP contribution < -0.4 is 10.2 Å². The highest BCUT2D eigenvalue weighted by Gasteiger charge is 2.20. The third kappa shape index (κ3) is 6.42. The average Bonchev–Trinajstić information content (AvgIpc) is 2.73. The van der Waals surface area contributed by atoms with Crippen molar-refractivity contribution in [1.29, 1.82) is 0 Å². The third-order valence-corrected chi connectivity index (χ3v) is 5.71. The fraction of sp³-hybridized carbons (Fsp3) is 0.440. The van der Waals surface area contributed by atoms with Crippen molar-refractivity contribution in [2.45, 2.75) is 32.6 Å². The number of carbonyl (C=O) groups is 2. The number of benzene rings is 2. The predicted molar refractivity (Wildman–Crippen MR) is 123 cm³/mol. The maximum Gasteiger partial charge on any atom is 0.224 e. The first-order valence-electron chi connectivity index (χ1n) is 10.8. The van der Waals surface area contributed by atoms with Crippen LogP contribution in [0.15, 0.2) is 48.5 Å². The molecular formula is C25H33N3O2. The second-order valence-corrected chi connectivity index (χ2v) is 8.58. The molecule has 1 aliphatic heterocycles. The van der Waals surface area contributed by atoms with Gasteiger partial charge in [-0.15, -0.1) is 0 Å². The molecule has 2 aromatic carbocycles. The van der Waals surface area contributed by atoms with Gasteiger partial charge < -0.3 is 15.1 Å². The summed E-state index contributed by atoms with van der Waals surface area (Å²) in [6, 6.07) is 15.5. The molecule has 2 aromatic rings. The van der Waals surface area contributed by atoms with Gasteiger partial charge >= 0.3 is 0 Å². The Bertz CT molecular complexity index is 836.